The largest absolute Gasteiger partial charge is 0.481 e. The number of benzene rings is 1. The van der Waals surface area contributed by atoms with Crippen LogP contribution in [0.15, 0.2) is 23.1 Å². The molecule has 0 aliphatic carbocycles. The van der Waals surface area contributed by atoms with E-state index in [0.717, 1.165) is 4.90 Å². The van der Waals surface area contributed by atoms with E-state index in [1.165, 1.54) is 36.7 Å². The highest BCUT2D eigenvalue weighted by molar-refractivity contribution is 7.98. The molecule has 1 rings (SSSR count). The molecule has 1 atom stereocenters. The predicted molar refractivity (Wildman–Crippen MR) is 79.8 cm³/mol. The zero-order chi connectivity index (χ0) is 16.0. The molecule has 2 amide bonds. The van der Waals surface area contributed by atoms with Crippen molar-refractivity contribution in [2.75, 3.05) is 19.8 Å². The van der Waals surface area contributed by atoms with Gasteiger partial charge in [-0.25, -0.2) is 9.18 Å². The summed E-state index contributed by atoms with van der Waals surface area (Å²) in [5, 5.41) is 11.4. The molecule has 0 aliphatic rings. The number of nitrogens with zero attached hydrogens (tertiary/aromatic N) is 1. The molecule has 0 saturated heterocycles. The molecule has 116 valence electrons. The molecule has 0 radical (unpaired) electrons. The Morgan fingerprint density at radius 1 is 1.48 bits per heavy atom. The summed E-state index contributed by atoms with van der Waals surface area (Å²) < 4.78 is 13.7. The van der Waals surface area contributed by atoms with E-state index in [2.05, 4.69) is 5.32 Å². The van der Waals surface area contributed by atoms with Crippen molar-refractivity contribution in [1.82, 2.24) is 10.2 Å². The Morgan fingerprint density at radius 2 is 2.14 bits per heavy atom. The molecular formula is C14H19FN2O3S. The van der Waals surface area contributed by atoms with Gasteiger partial charge in [0, 0.05) is 30.6 Å². The van der Waals surface area contributed by atoms with Crippen molar-refractivity contribution < 1.29 is 19.1 Å². The summed E-state index contributed by atoms with van der Waals surface area (Å²) in [5.41, 5.74) is 0.429. The van der Waals surface area contributed by atoms with Crippen LogP contribution in [0.4, 0.5) is 9.18 Å². The number of thioether (sulfide) groups is 1. The Kier molecular flexibility index (Phi) is 6.48. The molecular weight excluding hydrogens is 295 g/mol. The third-order valence-electron chi connectivity index (χ3n) is 3.03. The fourth-order valence-electron chi connectivity index (χ4n) is 1.77. The number of carbonyl (C=O) groups is 2. The fraction of sp³-hybridized carbons (Fsp3) is 0.429. The number of amides is 2. The van der Waals surface area contributed by atoms with Gasteiger partial charge in [-0.2, -0.15) is 0 Å². The van der Waals surface area contributed by atoms with Gasteiger partial charge in [0.2, 0.25) is 0 Å². The Balaban J connectivity index is 2.63. The van der Waals surface area contributed by atoms with E-state index < -0.39 is 17.9 Å². The van der Waals surface area contributed by atoms with Crippen molar-refractivity contribution in [1.29, 1.82) is 0 Å². The maximum atomic E-state index is 13.7. The zero-order valence-corrected chi connectivity index (χ0v) is 13.0. The van der Waals surface area contributed by atoms with Gasteiger partial charge >= 0.3 is 12.0 Å². The molecule has 0 fully saturated rings. The summed E-state index contributed by atoms with van der Waals surface area (Å²) in [6.07, 6.45) is 1.83. The maximum Gasteiger partial charge on any atom is 0.317 e. The average Bonchev–Trinajstić information content (AvgIpc) is 2.44. The van der Waals surface area contributed by atoms with E-state index in [1.54, 1.807) is 12.1 Å². The highest BCUT2D eigenvalue weighted by Crippen LogP contribution is 2.22. The number of aliphatic carboxylic acids is 1. The molecule has 7 heteroatoms. The summed E-state index contributed by atoms with van der Waals surface area (Å²) in [4.78, 5) is 24.7. The second-order valence-corrected chi connectivity index (χ2v) is 5.55. The lowest BCUT2D eigenvalue weighted by molar-refractivity contribution is -0.141. The van der Waals surface area contributed by atoms with Gasteiger partial charge in [-0.05, 0) is 18.4 Å². The number of hydrogen-bond donors (Lipinski definition) is 2. The van der Waals surface area contributed by atoms with Crippen LogP contribution in [0.3, 0.4) is 0 Å². The predicted octanol–water partition coefficient (Wildman–Crippen LogP) is 2.41. The van der Waals surface area contributed by atoms with Crippen molar-refractivity contribution in [3.63, 3.8) is 0 Å². The Hall–Kier alpha value is -1.76. The molecule has 1 aromatic rings. The minimum absolute atomic E-state index is 0.0630. The normalized spacial score (nSPS) is 11.8. The summed E-state index contributed by atoms with van der Waals surface area (Å²) in [5.74, 6) is -1.99. The minimum atomic E-state index is -0.964. The van der Waals surface area contributed by atoms with Crippen molar-refractivity contribution in [3.05, 3.63) is 29.6 Å². The van der Waals surface area contributed by atoms with E-state index in [4.69, 9.17) is 5.11 Å². The van der Waals surface area contributed by atoms with Crippen LogP contribution < -0.4 is 5.32 Å². The average molecular weight is 314 g/mol. The van der Waals surface area contributed by atoms with Crippen molar-refractivity contribution in [2.45, 2.75) is 18.4 Å². The summed E-state index contributed by atoms with van der Waals surface area (Å²) in [6, 6.07) is 4.31. The first-order valence-electron chi connectivity index (χ1n) is 6.40. The number of carbonyl (C=O) groups excluding carboxylic acids is 1. The Labute approximate surface area is 127 Å². The van der Waals surface area contributed by atoms with Crippen LogP contribution in [0.1, 0.15) is 12.5 Å². The summed E-state index contributed by atoms with van der Waals surface area (Å²) in [7, 11) is 1.51. The van der Waals surface area contributed by atoms with Gasteiger partial charge in [-0.1, -0.05) is 13.0 Å². The number of urea groups is 1. The lowest BCUT2D eigenvalue weighted by atomic mass is 10.2. The van der Waals surface area contributed by atoms with Gasteiger partial charge in [0.25, 0.3) is 0 Å². The molecule has 21 heavy (non-hydrogen) atoms. The van der Waals surface area contributed by atoms with E-state index in [0.29, 0.717) is 5.56 Å². The standard InChI is InChI=1S/C14H19FN2O3S/c1-9(13(18)19)8-17(2)14(20)16-7-10-11(15)5-4-6-12(10)21-3/h4-6,9H,7-8H2,1-3H3,(H,16,20)(H,18,19). The van der Waals surface area contributed by atoms with Gasteiger partial charge in [-0.15, -0.1) is 11.8 Å². The fourth-order valence-corrected chi connectivity index (χ4v) is 2.40. The van der Waals surface area contributed by atoms with Crippen molar-refractivity contribution in [2.24, 2.45) is 5.92 Å². The van der Waals surface area contributed by atoms with E-state index in [1.807, 2.05) is 6.26 Å². The number of carboxylic acid groups (broad SMARTS) is 1. The van der Waals surface area contributed by atoms with E-state index >= 15 is 0 Å². The molecule has 0 heterocycles. The van der Waals surface area contributed by atoms with E-state index in [-0.39, 0.29) is 18.9 Å². The van der Waals surface area contributed by atoms with Crippen LogP contribution in [-0.4, -0.2) is 41.9 Å². The number of hydrogen-bond acceptors (Lipinski definition) is 3. The van der Waals surface area contributed by atoms with E-state index in [9.17, 15) is 14.0 Å². The maximum absolute atomic E-state index is 13.7. The topological polar surface area (TPSA) is 69.6 Å². The summed E-state index contributed by atoms with van der Waals surface area (Å²) >= 11 is 1.40. The molecule has 0 saturated carbocycles. The lowest BCUT2D eigenvalue weighted by Gasteiger charge is -2.20. The zero-order valence-electron chi connectivity index (χ0n) is 12.2. The third kappa shape index (κ3) is 4.93. The Morgan fingerprint density at radius 3 is 2.71 bits per heavy atom. The number of nitrogens with one attached hydrogen (secondary N) is 1. The van der Waals surface area contributed by atoms with Crippen LogP contribution in [0.5, 0.6) is 0 Å². The smallest absolute Gasteiger partial charge is 0.317 e. The molecule has 0 spiro atoms. The number of halogens is 1. The second-order valence-electron chi connectivity index (χ2n) is 4.70. The lowest BCUT2D eigenvalue weighted by Crippen LogP contribution is -2.40. The van der Waals surface area contributed by atoms with Gasteiger partial charge in [0.1, 0.15) is 5.82 Å². The highest BCUT2D eigenvalue weighted by atomic mass is 32.2. The molecule has 2 N–H and O–H groups in total. The molecule has 0 bridgehead atoms. The molecule has 0 aromatic heterocycles. The number of carboxylic acids is 1. The quantitative estimate of drug-likeness (QED) is 0.791. The Bertz CT molecular complexity index is 525. The van der Waals surface area contributed by atoms with Crippen LogP contribution in [-0.2, 0) is 11.3 Å². The minimum Gasteiger partial charge on any atom is -0.481 e. The summed E-state index contributed by atoms with van der Waals surface area (Å²) in [6.45, 7) is 1.68. The van der Waals surface area contributed by atoms with Gasteiger partial charge < -0.3 is 15.3 Å². The van der Waals surface area contributed by atoms with Crippen molar-refractivity contribution in [3.8, 4) is 0 Å². The monoisotopic (exact) mass is 314 g/mol. The van der Waals surface area contributed by atoms with Crippen LogP contribution in [0.2, 0.25) is 0 Å². The van der Waals surface area contributed by atoms with Crippen LogP contribution >= 0.6 is 11.8 Å². The molecule has 0 aliphatic heterocycles. The molecule has 1 unspecified atom stereocenters. The second kappa shape index (κ2) is 7.87. The first-order chi connectivity index (χ1) is 9.86. The first kappa shape index (κ1) is 17.3. The third-order valence-corrected chi connectivity index (χ3v) is 3.85. The van der Waals surface area contributed by atoms with Gasteiger partial charge in [-0.3, -0.25) is 4.79 Å². The van der Waals surface area contributed by atoms with Gasteiger partial charge in [0.05, 0.1) is 5.92 Å². The highest BCUT2D eigenvalue weighted by Gasteiger charge is 2.17. The molecule has 1 aromatic carbocycles. The van der Waals surface area contributed by atoms with Gasteiger partial charge in [0.15, 0.2) is 0 Å². The molecule has 5 nitrogen and oxygen atoms in total. The van der Waals surface area contributed by atoms with Crippen LogP contribution in [0, 0.1) is 11.7 Å². The van der Waals surface area contributed by atoms with Crippen LogP contribution in [0.25, 0.3) is 0 Å². The van der Waals surface area contributed by atoms with Crippen molar-refractivity contribution >= 4 is 23.8 Å². The SMILES string of the molecule is CSc1cccc(F)c1CNC(=O)N(C)CC(C)C(=O)O. The number of rotatable bonds is 6. The first-order valence-corrected chi connectivity index (χ1v) is 7.62.